The second kappa shape index (κ2) is 7.85. The van der Waals surface area contributed by atoms with Crippen LogP contribution in [0.15, 0.2) is 24.3 Å². The van der Waals surface area contributed by atoms with Crippen molar-refractivity contribution >= 4 is 11.9 Å². The van der Waals surface area contributed by atoms with Crippen LogP contribution >= 0.6 is 0 Å². The zero-order chi connectivity index (χ0) is 17.6. The Morgan fingerprint density at radius 2 is 1.00 bits per heavy atom. The Morgan fingerprint density at radius 1 is 0.727 bits per heavy atom. The van der Waals surface area contributed by atoms with E-state index in [-0.39, 0.29) is 12.8 Å². The van der Waals surface area contributed by atoms with E-state index in [1.165, 1.54) is 0 Å². The van der Waals surface area contributed by atoms with Gasteiger partial charge in [-0.05, 0) is 12.8 Å². The average Bonchev–Trinajstić information content (AvgIpc) is 2.38. The van der Waals surface area contributed by atoms with E-state index in [1.54, 1.807) is 0 Å². The maximum absolute atomic E-state index is 12.0. The van der Waals surface area contributed by atoms with Gasteiger partial charge >= 0.3 is 24.3 Å². The van der Waals surface area contributed by atoms with E-state index >= 15 is 0 Å². The summed E-state index contributed by atoms with van der Waals surface area (Å²) in [6, 6.07) is 0. The smallest absolute Gasteiger partial charge is 0.422 e. The molecule has 0 aliphatic rings. The van der Waals surface area contributed by atoms with Crippen molar-refractivity contribution in [3.05, 3.63) is 24.3 Å². The van der Waals surface area contributed by atoms with E-state index in [9.17, 15) is 35.9 Å². The normalized spacial score (nSPS) is 11.7. The number of hydrogen-bond donors (Lipinski definition) is 0. The number of unbranched alkanes of at least 4 members (excludes halogenated alkanes) is 1. The Hall–Kier alpha value is -2.00. The van der Waals surface area contributed by atoms with Crippen LogP contribution in [0, 0.1) is 0 Å². The van der Waals surface area contributed by atoms with Gasteiger partial charge in [-0.3, -0.25) is 0 Å². The maximum Gasteiger partial charge on any atom is 0.422 e. The van der Waals surface area contributed by atoms with Crippen LogP contribution in [0.4, 0.5) is 26.3 Å². The van der Waals surface area contributed by atoms with Crippen LogP contribution in [0.5, 0.6) is 0 Å². The predicted octanol–water partition coefficient (Wildman–Crippen LogP) is 3.09. The summed E-state index contributed by atoms with van der Waals surface area (Å²) in [5.41, 5.74) is -3.33. The fourth-order valence-electron chi connectivity index (χ4n) is 0.940. The summed E-state index contributed by atoms with van der Waals surface area (Å²) in [6.07, 6.45) is -9.82. The van der Waals surface area contributed by atoms with E-state index in [2.05, 4.69) is 22.6 Å². The van der Waals surface area contributed by atoms with Crippen LogP contribution in [0.1, 0.15) is 12.8 Å². The Kier molecular flexibility index (Phi) is 7.14. The van der Waals surface area contributed by atoms with E-state index < -0.39 is 48.7 Å². The molecule has 0 spiro atoms. The standard InChI is InChI=1S/C12H12F6O4/c1-7(11(13,14)15)9(19)21-5-3-4-6-22-10(20)8(2)12(16,17)18/h1-6H2. The number of rotatable bonds is 7. The van der Waals surface area contributed by atoms with Gasteiger partial charge in [-0.1, -0.05) is 13.2 Å². The third kappa shape index (κ3) is 7.14. The largest absolute Gasteiger partial charge is 0.462 e. The topological polar surface area (TPSA) is 52.6 Å². The Bertz CT molecular complexity index is 408. The molecule has 4 nitrogen and oxygen atoms in total. The molecule has 0 aromatic rings. The van der Waals surface area contributed by atoms with Crippen LogP contribution in [-0.4, -0.2) is 37.5 Å². The van der Waals surface area contributed by atoms with Crippen LogP contribution in [0.25, 0.3) is 0 Å². The predicted molar refractivity (Wildman–Crippen MR) is 61.5 cm³/mol. The van der Waals surface area contributed by atoms with Gasteiger partial charge in [0, 0.05) is 0 Å². The highest BCUT2D eigenvalue weighted by Crippen LogP contribution is 2.25. The summed E-state index contributed by atoms with van der Waals surface area (Å²) in [4.78, 5) is 21.7. The molecule has 0 aromatic heterocycles. The zero-order valence-electron chi connectivity index (χ0n) is 11.1. The fourth-order valence-corrected chi connectivity index (χ4v) is 0.940. The molecular weight excluding hydrogens is 322 g/mol. The first kappa shape index (κ1) is 20.0. The molecular formula is C12H12F6O4. The first-order valence-electron chi connectivity index (χ1n) is 5.73. The number of halogens is 6. The van der Waals surface area contributed by atoms with E-state index in [1.807, 2.05) is 0 Å². The molecule has 10 heteroatoms. The zero-order valence-corrected chi connectivity index (χ0v) is 11.1. The Morgan fingerprint density at radius 3 is 1.23 bits per heavy atom. The molecule has 0 aliphatic carbocycles. The summed E-state index contributed by atoms with van der Waals surface area (Å²) in [7, 11) is 0. The highest BCUT2D eigenvalue weighted by atomic mass is 19.4. The van der Waals surface area contributed by atoms with Gasteiger partial charge in [0.05, 0.1) is 13.2 Å². The average molecular weight is 334 g/mol. The van der Waals surface area contributed by atoms with Gasteiger partial charge < -0.3 is 9.47 Å². The summed E-state index contributed by atoms with van der Waals surface area (Å²) in [6.45, 7) is 4.19. The lowest BCUT2D eigenvalue weighted by molar-refractivity contribution is -0.153. The molecule has 0 bridgehead atoms. The van der Waals surface area contributed by atoms with Gasteiger partial charge in [0.2, 0.25) is 0 Å². The third-order valence-electron chi connectivity index (χ3n) is 2.18. The third-order valence-corrected chi connectivity index (χ3v) is 2.18. The van der Waals surface area contributed by atoms with Gasteiger partial charge in [-0.15, -0.1) is 0 Å². The van der Waals surface area contributed by atoms with E-state index in [4.69, 9.17) is 0 Å². The number of hydrogen-bond acceptors (Lipinski definition) is 4. The Balaban J connectivity index is 3.89. The summed E-state index contributed by atoms with van der Waals surface area (Å²) in [5, 5.41) is 0. The van der Waals surface area contributed by atoms with Crippen molar-refractivity contribution in [1.29, 1.82) is 0 Å². The monoisotopic (exact) mass is 334 g/mol. The first-order valence-corrected chi connectivity index (χ1v) is 5.73. The molecule has 0 fully saturated rings. The highest BCUT2D eigenvalue weighted by Gasteiger charge is 2.38. The lowest BCUT2D eigenvalue weighted by Gasteiger charge is -2.11. The van der Waals surface area contributed by atoms with Crippen LogP contribution in [0.2, 0.25) is 0 Å². The minimum atomic E-state index is -4.90. The highest BCUT2D eigenvalue weighted by molar-refractivity contribution is 5.89. The van der Waals surface area contributed by atoms with E-state index in [0.717, 1.165) is 0 Å². The number of carbonyl (C=O) groups excluding carboxylic acids is 2. The molecule has 22 heavy (non-hydrogen) atoms. The van der Waals surface area contributed by atoms with Crippen molar-refractivity contribution in [3.8, 4) is 0 Å². The van der Waals surface area contributed by atoms with Crippen molar-refractivity contribution in [2.75, 3.05) is 13.2 Å². The van der Waals surface area contributed by atoms with Crippen LogP contribution in [-0.2, 0) is 19.1 Å². The van der Waals surface area contributed by atoms with Crippen molar-refractivity contribution in [2.45, 2.75) is 25.2 Å². The van der Waals surface area contributed by atoms with Gasteiger partial charge in [-0.2, -0.15) is 26.3 Å². The minimum Gasteiger partial charge on any atom is -0.462 e. The van der Waals surface area contributed by atoms with Crippen molar-refractivity contribution in [2.24, 2.45) is 0 Å². The molecule has 0 N–H and O–H groups in total. The van der Waals surface area contributed by atoms with Gasteiger partial charge in [0.15, 0.2) is 0 Å². The van der Waals surface area contributed by atoms with Gasteiger partial charge in [-0.25, -0.2) is 9.59 Å². The number of alkyl halides is 6. The molecule has 0 heterocycles. The fraction of sp³-hybridized carbons (Fsp3) is 0.500. The van der Waals surface area contributed by atoms with Crippen LogP contribution < -0.4 is 0 Å². The SMILES string of the molecule is C=C(C(=O)OCCCCOC(=O)C(=C)C(F)(F)F)C(F)(F)F. The van der Waals surface area contributed by atoms with Crippen molar-refractivity contribution in [1.82, 2.24) is 0 Å². The number of ether oxygens (including phenoxy) is 2. The molecule has 126 valence electrons. The quantitative estimate of drug-likeness (QED) is 0.311. The van der Waals surface area contributed by atoms with Gasteiger partial charge in [0.25, 0.3) is 0 Å². The molecule has 0 unspecified atom stereocenters. The lowest BCUT2D eigenvalue weighted by Crippen LogP contribution is -2.22. The number of esters is 2. The van der Waals surface area contributed by atoms with E-state index in [0.29, 0.717) is 0 Å². The Labute approximate surface area is 121 Å². The molecule has 0 atom stereocenters. The first-order chi connectivity index (χ1) is 9.87. The molecule has 0 aromatic carbocycles. The summed E-state index contributed by atoms with van der Waals surface area (Å²) in [5.74, 6) is -3.29. The number of carbonyl (C=O) groups is 2. The molecule has 0 rings (SSSR count). The van der Waals surface area contributed by atoms with Crippen LogP contribution in [0.3, 0.4) is 0 Å². The lowest BCUT2D eigenvalue weighted by atomic mass is 10.3. The second-order valence-electron chi connectivity index (χ2n) is 3.93. The molecule has 0 radical (unpaired) electrons. The summed E-state index contributed by atoms with van der Waals surface area (Å²) < 4.78 is 80.7. The van der Waals surface area contributed by atoms with Gasteiger partial charge in [0.1, 0.15) is 11.1 Å². The van der Waals surface area contributed by atoms with Crippen molar-refractivity contribution < 1.29 is 45.4 Å². The molecule has 0 saturated carbocycles. The maximum atomic E-state index is 12.0. The van der Waals surface area contributed by atoms with Crippen molar-refractivity contribution in [3.63, 3.8) is 0 Å². The second-order valence-corrected chi connectivity index (χ2v) is 3.93. The molecule has 0 amide bonds. The molecule has 0 saturated heterocycles. The molecule has 0 aliphatic heterocycles. The minimum absolute atomic E-state index is 0.0113. The summed E-state index contributed by atoms with van der Waals surface area (Å²) >= 11 is 0.